The molecular formula is C15H31CuN7O4+. The maximum absolute atomic E-state index is 12.4. The number of nitrogens with one attached hydrogen (secondary N) is 2. The molecule has 3 atom stereocenters. The Labute approximate surface area is 169 Å². The quantitative estimate of drug-likeness (QED) is 0.0711. The Morgan fingerprint density at radius 2 is 1.56 bits per heavy atom. The van der Waals surface area contributed by atoms with E-state index in [0.717, 1.165) is 0 Å². The molecule has 0 aliphatic rings. The Hall–Kier alpha value is -1.88. The number of carbonyl (C=O) groups excluding carboxylic acids is 2. The van der Waals surface area contributed by atoms with Crippen LogP contribution in [0.25, 0.3) is 0 Å². The number of nitrogens with two attached hydrogens (primary N) is 4. The van der Waals surface area contributed by atoms with Crippen LogP contribution in [0.15, 0.2) is 4.99 Å². The molecule has 0 aliphatic carbocycles. The van der Waals surface area contributed by atoms with E-state index in [4.69, 9.17) is 22.9 Å². The molecule has 0 saturated heterocycles. The van der Waals surface area contributed by atoms with E-state index in [1.807, 2.05) is 0 Å². The molecule has 0 bridgehead atoms. The van der Waals surface area contributed by atoms with Crippen LogP contribution in [0.4, 0.5) is 0 Å². The van der Waals surface area contributed by atoms with Gasteiger partial charge in [-0.1, -0.05) is 0 Å². The van der Waals surface area contributed by atoms with Crippen molar-refractivity contribution in [2.45, 2.75) is 57.2 Å². The maximum atomic E-state index is 12.4. The molecule has 0 aromatic rings. The Morgan fingerprint density at radius 3 is 2.04 bits per heavy atom. The number of carboxylic acids is 1. The van der Waals surface area contributed by atoms with E-state index in [1.165, 1.54) is 6.92 Å². The first kappa shape index (κ1) is 27.3. The van der Waals surface area contributed by atoms with Crippen LogP contribution in [0.2, 0.25) is 0 Å². The van der Waals surface area contributed by atoms with Gasteiger partial charge in [0.25, 0.3) is 0 Å². The van der Waals surface area contributed by atoms with E-state index in [2.05, 4.69) is 15.6 Å². The number of guanidine groups is 1. The average Bonchev–Trinajstić information content (AvgIpc) is 2.55. The van der Waals surface area contributed by atoms with Crippen molar-refractivity contribution in [1.82, 2.24) is 10.6 Å². The summed E-state index contributed by atoms with van der Waals surface area (Å²) in [7, 11) is 0. The number of carbonyl (C=O) groups is 3. The van der Waals surface area contributed by atoms with Crippen LogP contribution in [-0.2, 0) is 31.5 Å². The van der Waals surface area contributed by atoms with Crippen molar-refractivity contribution in [2.75, 3.05) is 13.1 Å². The smallest absolute Gasteiger partial charge is 0.480 e. The standard InChI is InChI=1S/C15H31N7O4.Cu/c1-9(17)12(23)21-10(6-4-8-20-15(18)19)13(24)22-11(14(25)26)5-2-3-7-16;/h9-11H,2-8,16-17H2,1H3,(H,21,23)(H,22,24)(H,25,26)(H4,18,19,20);/q;+1. The summed E-state index contributed by atoms with van der Waals surface area (Å²) in [6.07, 6.45) is 2.12. The van der Waals surface area contributed by atoms with Crippen LogP contribution in [0.1, 0.15) is 39.0 Å². The summed E-state index contributed by atoms with van der Waals surface area (Å²) in [5, 5.41) is 14.2. The largest absolute Gasteiger partial charge is 1.00 e. The fourth-order valence-electron chi connectivity index (χ4n) is 2.10. The number of unbranched alkanes of at least 4 members (excludes halogenated alkanes) is 1. The number of nitrogens with zero attached hydrogens (tertiary/aromatic N) is 1. The Morgan fingerprint density at radius 1 is 1.00 bits per heavy atom. The third-order valence-electron chi connectivity index (χ3n) is 3.55. The molecule has 0 aromatic heterocycles. The average molecular weight is 437 g/mol. The number of hydrogen-bond donors (Lipinski definition) is 7. The fraction of sp³-hybridized carbons (Fsp3) is 0.733. The van der Waals surface area contributed by atoms with Crippen molar-refractivity contribution in [1.29, 1.82) is 0 Å². The molecular weight excluding hydrogens is 406 g/mol. The first-order valence-corrected chi connectivity index (χ1v) is 8.53. The van der Waals surface area contributed by atoms with Gasteiger partial charge in [-0.25, -0.2) is 4.79 Å². The second-order valence-electron chi connectivity index (χ2n) is 5.98. The van der Waals surface area contributed by atoms with Crippen molar-refractivity contribution < 1.29 is 36.6 Å². The molecule has 0 rings (SSSR count). The van der Waals surface area contributed by atoms with E-state index in [9.17, 15) is 19.5 Å². The Bertz CT molecular complexity index is 499. The molecule has 0 heterocycles. The fourth-order valence-corrected chi connectivity index (χ4v) is 2.10. The third-order valence-corrected chi connectivity index (χ3v) is 3.55. The summed E-state index contributed by atoms with van der Waals surface area (Å²) in [5.41, 5.74) is 21.4. The second kappa shape index (κ2) is 15.2. The molecule has 0 fully saturated rings. The monoisotopic (exact) mass is 436 g/mol. The van der Waals surface area contributed by atoms with Gasteiger partial charge in [0.1, 0.15) is 12.1 Å². The number of aliphatic carboxylic acids is 1. The summed E-state index contributed by atoms with van der Waals surface area (Å²) in [4.78, 5) is 39.4. The van der Waals surface area contributed by atoms with Crippen LogP contribution >= 0.6 is 0 Å². The summed E-state index contributed by atoms with van der Waals surface area (Å²) in [6.45, 7) is 2.20. The molecule has 2 amide bonds. The molecule has 3 unspecified atom stereocenters. The molecule has 0 aromatic carbocycles. The SMILES string of the molecule is CC(N)C(=O)NC(CCCN=C(N)N)C(=O)NC(CCCCN)C(=O)O.[Cu+]. The van der Waals surface area contributed by atoms with Gasteiger partial charge in [-0.05, 0) is 45.6 Å². The molecule has 11 nitrogen and oxygen atoms in total. The van der Waals surface area contributed by atoms with Gasteiger partial charge in [0, 0.05) is 6.54 Å². The first-order valence-electron chi connectivity index (χ1n) is 8.53. The minimum atomic E-state index is -1.15. The predicted molar refractivity (Wildman–Crippen MR) is 98.0 cm³/mol. The summed E-state index contributed by atoms with van der Waals surface area (Å²) in [5.74, 6) is -2.32. The van der Waals surface area contributed by atoms with Crippen LogP contribution in [0, 0.1) is 0 Å². The van der Waals surface area contributed by atoms with E-state index < -0.39 is 35.9 Å². The van der Waals surface area contributed by atoms with Crippen molar-refractivity contribution >= 4 is 23.7 Å². The minimum absolute atomic E-state index is 0. The summed E-state index contributed by atoms with van der Waals surface area (Å²) >= 11 is 0. The van der Waals surface area contributed by atoms with Crippen molar-refractivity contribution in [3.63, 3.8) is 0 Å². The molecule has 12 heteroatoms. The summed E-state index contributed by atoms with van der Waals surface area (Å²) in [6, 6.07) is -2.79. The van der Waals surface area contributed by atoms with Gasteiger partial charge in [0.05, 0.1) is 6.04 Å². The van der Waals surface area contributed by atoms with E-state index in [-0.39, 0.29) is 42.4 Å². The number of hydrogen-bond acceptors (Lipinski definition) is 6. The van der Waals surface area contributed by atoms with Crippen LogP contribution in [0.5, 0.6) is 0 Å². The molecule has 0 aliphatic heterocycles. The Kier molecular flexibility index (Phi) is 15.4. The van der Waals surface area contributed by atoms with Gasteiger partial charge in [-0.2, -0.15) is 0 Å². The van der Waals surface area contributed by atoms with Crippen LogP contribution < -0.4 is 33.6 Å². The van der Waals surface area contributed by atoms with Crippen LogP contribution in [0.3, 0.4) is 0 Å². The molecule has 0 radical (unpaired) electrons. The van der Waals surface area contributed by atoms with Crippen molar-refractivity contribution in [3.05, 3.63) is 0 Å². The van der Waals surface area contributed by atoms with Crippen molar-refractivity contribution in [3.8, 4) is 0 Å². The van der Waals surface area contributed by atoms with E-state index in [0.29, 0.717) is 25.8 Å². The zero-order valence-electron chi connectivity index (χ0n) is 15.4. The molecule has 160 valence electrons. The number of aliphatic imine (C=N–C) groups is 1. The zero-order chi connectivity index (χ0) is 20.1. The van der Waals surface area contributed by atoms with Gasteiger partial charge in [-0.15, -0.1) is 0 Å². The Balaban J connectivity index is 0. The van der Waals surface area contributed by atoms with Crippen molar-refractivity contribution in [2.24, 2.45) is 27.9 Å². The van der Waals surface area contributed by atoms with Gasteiger partial charge >= 0.3 is 23.0 Å². The molecule has 0 spiro atoms. The summed E-state index contributed by atoms with van der Waals surface area (Å²) < 4.78 is 0. The second-order valence-corrected chi connectivity index (χ2v) is 5.98. The molecule has 0 saturated carbocycles. The normalized spacial score (nSPS) is 13.4. The number of amides is 2. The number of carboxylic acid groups (broad SMARTS) is 1. The third kappa shape index (κ3) is 13.0. The maximum Gasteiger partial charge on any atom is 1.00 e. The first-order chi connectivity index (χ1) is 12.2. The van der Waals surface area contributed by atoms with Gasteiger partial charge in [-0.3, -0.25) is 14.6 Å². The van der Waals surface area contributed by atoms with Gasteiger partial charge in [0.2, 0.25) is 11.8 Å². The predicted octanol–water partition coefficient (Wildman–Crippen LogP) is -2.43. The van der Waals surface area contributed by atoms with Gasteiger partial charge < -0.3 is 38.7 Å². The van der Waals surface area contributed by atoms with Crippen LogP contribution in [-0.4, -0.2) is 60.1 Å². The van der Waals surface area contributed by atoms with Gasteiger partial charge in [0.15, 0.2) is 5.96 Å². The minimum Gasteiger partial charge on any atom is -0.480 e. The van der Waals surface area contributed by atoms with E-state index >= 15 is 0 Å². The zero-order valence-corrected chi connectivity index (χ0v) is 16.4. The topological polar surface area (TPSA) is 212 Å². The number of rotatable bonds is 13. The molecule has 27 heavy (non-hydrogen) atoms. The molecule has 11 N–H and O–H groups in total. The van der Waals surface area contributed by atoms with E-state index in [1.54, 1.807) is 0 Å².